The van der Waals surface area contributed by atoms with Crippen LogP contribution in [0.5, 0.6) is 0 Å². The van der Waals surface area contributed by atoms with E-state index in [9.17, 15) is 14.4 Å². The van der Waals surface area contributed by atoms with Gasteiger partial charge in [0.2, 0.25) is 0 Å². The number of nitrogens with two attached hydrogens (primary N) is 1. The van der Waals surface area contributed by atoms with Crippen molar-refractivity contribution in [2.24, 2.45) is 12.8 Å². The number of carbonyl (C=O) groups is 1. The summed E-state index contributed by atoms with van der Waals surface area (Å²) in [5.41, 5.74) is 7.78. The molecular weight excluding hydrogens is 472 g/mol. The van der Waals surface area contributed by atoms with Crippen molar-refractivity contribution in [3.63, 3.8) is 0 Å². The molecule has 0 aliphatic rings. The van der Waals surface area contributed by atoms with E-state index < -0.39 is 17.2 Å². The number of aliphatic carboxylic acids is 1. The topological polar surface area (TPSA) is 149 Å². The van der Waals surface area contributed by atoms with E-state index in [0.29, 0.717) is 36.4 Å². The number of amidine groups is 1. The van der Waals surface area contributed by atoms with Gasteiger partial charge in [-0.05, 0) is 31.2 Å². The predicted octanol–water partition coefficient (Wildman–Crippen LogP) is 2.74. The van der Waals surface area contributed by atoms with Gasteiger partial charge in [0, 0.05) is 37.7 Å². The Morgan fingerprint density at radius 3 is 2.30 bits per heavy atom. The Morgan fingerprint density at radius 2 is 1.65 bits per heavy atom. The molecule has 0 radical (unpaired) electrons. The molecule has 0 atom stereocenters. The third kappa shape index (κ3) is 5.53. The van der Waals surface area contributed by atoms with Gasteiger partial charge >= 0.3 is 11.7 Å². The molecule has 0 fully saturated rings. The Balaban J connectivity index is 1.77. The number of benzene rings is 2. The van der Waals surface area contributed by atoms with Gasteiger partial charge in [0.25, 0.3) is 5.56 Å². The molecule has 0 spiro atoms. The second-order valence-corrected chi connectivity index (χ2v) is 8.99. The molecule has 4 N–H and O–H groups in total. The van der Waals surface area contributed by atoms with Gasteiger partial charge < -0.3 is 15.4 Å². The number of carboxylic acids is 1. The summed E-state index contributed by atoms with van der Waals surface area (Å²) in [6, 6.07) is 17.1. The zero-order valence-corrected chi connectivity index (χ0v) is 20.7. The van der Waals surface area contributed by atoms with E-state index in [1.54, 1.807) is 31.3 Å². The van der Waals surface area contributed by atoms with Gasteiger partial charge in [0.15, 0.2) is 5.52 Å². The second-order valence-electron chi connectivity index (χ2n) is 8.99. The largest absolute Gasteiger partial charge is 0.481 e. The van der Waals surface area contributed by atoms with Crippen molar-refractivity contribution < 1.29 is 9.90 Å². The number of nitrogens with zero attached hydrogens (tertiary/aromatic N) is 4. The summed E-state index contributed by atoms with van der Waals surface area (Å²) in [4.78, 5) is 42.1. The third-order valence-electron chi connectivity index (χ3n) is 6.39. The van der Waals surface area contributed by atoms with Gasteiger partial charge in [-0.3, -0.25) is 24.1 Å². The first-order chi connectivity index (χ1) is 17.8. The zero-order valence-electron chi connectivity index (χ0n) is 20.7. The van der Waals surface area contributed by atoms with E-state index in [2.05, 4.69) is 12.1 Å². The molecule has 10 nitrogen and oxygen atoms in total. The van der Waals surface area contributed by atoms with E-state index in [4.69, 9.17) is 21.2 Å². The molecule has 0 aliphatic carbocycles. The van der Waals surface area contributed by atoms with Gasteiger partial charge in [0.05, 0.1) is 0 Å². The van der Waals surface area contributed by atoms with Gasteiger partial charge in [-0.1, -0.05) is 54.6 Å². The smallest absolute Gasteiger partial charge is 0.332 e. The molecule has 192 valence electrons. The predicted molar refractivity (Wildman–Crippen MR) is 142 cm³/mol. The Bertz CT molecular complexity index is 1550. The Kier molecular flexibility index (Phi) is 7.66. The molecule has 10 heteroatoms. The number of rotatable bonds is 11. The number of aryl methyl sites for hydroxylation is 3. The molecule has 0 saturated carbocycles. The number of nitrogen functional groups attached to an aromatic ring is 1. The lowest BCUT2D eigenvalue weighted by Crippen LogP contribution is -2.39. The summed E-state index contributed by atoms with van der Waals surface area (Å²) in [5, 5.41) is 16.5. The number of aromatic nitrogens is 4. The summed E-state index contributed by atoms with van der Waals surface area (Å²) in [6.45, 7) is 0.656. The average molecular weight is 503 g/mol. The second kappa shape index (κ2) is 11.1. The molecule has 0 bridgehead atoms. The molecule has 37 heavy (non-hydrogen) atoms. The molecule has 4 aromatic rings. The van der Waals surface area contributed by atoms with Crippen LogP contribution in [0.2, 0.25) is 0 Å². The molecule has 2 aromatic carbocycles. The summed E-state index contributed by atoms with van der Waals surface area (Å²) in [6.07, 6.45) is 2.32. The minimum absolute atomic E-state index is 0.0201. The van der Waals surface area contributed by atoms with Crippen LogP contribution < -0.4 is 17.0 Å². The van der Waals surface area contributed by atoms with Crippen LogP contribution >= 0.6 is 0 Å². The SMILES string of the molecule is Cn1c(=O)n(CCCCC(=O)O)c(=O)c2nc(-c3ccc(C(=N)N)cc3)n(CCCc3ccccc3)c21. The summed E-state index contributed by atoms with van der Waals surface area (Å²) in [5.74, 6) is -0.407. The van der Waals surface area contributed by atoms with E-state index >= 15 is 0 Å². The van der Waals surface area contributed by atoms with Crippen molar-refractivity contribution in [3.8, 4) is 11.4 Å². The number of carboxylic acid groups (broad SMARTS) is 1. The Morgan fingerprint density at radius 1 is 0.973 bits per heavy atom. The van der Waals surface area contributed by atoms with Crippen LogP contribution in [0.3, 0.4) is 0 Å². The first-order valence-corrected chi connectivity index (χ1v) is 12.2. The molecular formula is C27H30N6O4. The van der Waals surface area contributed by atoms with Crippen LogP contribution in [0.15, 0.2) is 64.2 Å². The summed E-state index contributed by atoms with van der Waals surface area (Å²) < 4.78 is 4.48. The Labute approximate surface area is 213 Å². The number of hydrogen-bond donors (Lipinski definition) is 3. The molecule has 0 saturated heterocycles. The normalized spacial score (nSPS) is 11.2. The van der Waals surface area contributed by atoms with Gasteiger partial charge in [-0.25, -0.2) is 9.78 Å². The number of unbranched alkanes of at least 4 members (excludes halogenated alkanes) is 1. The lowest BCUT2D eigenvalue weighted by atomic mass is 10.1. The number of hydrogen-bond acceptors (Lipinski definition) is 5. The maximum Gasteiger partial charge on any atom is 0.332 e. The fraction of sp³-hybridized carbons (Fsp3) is 0.296. The van der Waals surface area contributed by atoms with E-state index in [0.717, 1.165) is 23.0 Å². The van der Waals surface area contributed by atoms with Crippen molar-refractivity contribution in [2.45, 2.75) is 45.2 Å². The first-order valence-electron chi connectivity index (χ1n) is 12.2. The highest BCUT2D eigenvalue weighted by molar-refractivity contribution is 5.95. The van der Waals surface area contributed by atoms with Crippen molar-refractivity contribution in [1.82, 2.24) is 18.7 Å². The van der Waals surface area contributed by atoms with Crippen LogP contribution in [0, 0.1) is 5.41 Å². The quantitative estimate of drug-likeness (QED) is 0.163. The lowest BCUT2D eigenvalue weighted by Gasteiger charge is -2.13. The lowest BCUT2D eigenvalue weighted by molar-refractivity contribution is -0.137. The molecule has 0 aliphatic heterocycles. The average Bonchev–Trinajstić information content (AvgIpc) is 3.27. The van der Waals surface area contributed by atoms with Crippen LogP contribution in [0.1, 0.15) is 36.8 Å². The maximum absolute atomic E-state index is 13.4. The summed E-state index contributed by atoms with van der Waals surface area (Å²) >= 11 is 0. The number of fused-ring (bicyclic) bond motifs is 1. The number of imidazole rings is 1. The van der Waals surface area contributed by atoms with Crippen molar-refractivity contribution in [3.05, 3.63) is 86.6 Å². The van der Waals surface area contributed by atoms with Crippen molar-refractivity contribution in [1.29, 1.82) is 5.41 Å². The molecule has 2 heterocycles. The first kappa shape index (κ1) is 25.6. The van der Waals surface area contributed by atoms with Crippen LogP contribution in [0.4, 0.5) is 0 Å². The minimum Gasteiger partial charge on any atom is -0.481 e. The number of nitrogens with one attached hydrogen (secondary N) is 1. The molecule has 0 unspecified atom stereocenters. The van der Waals surface area contributed by atoms with Crippen LogP contribution in [-0.2, 0) is 31.4 Å². The highest BCUT2D eigenvalue weighted by atomic mass is 16.4. The summed E-state index contributed by atoms with van der Waals surface area (Å²) in [7, 11) is 1.62. The highest BCUT2D eigenvalue weighted by Crippen LogP contribution is 2.24. The standard InChI is InChI=1S/C27H30N6O4/c1-31-25-22(26(36)33(27(31)37)16-6-5-11-21(34)35)30-24(20-14-12-19(13-15-20)23(28)29)32(25)17-7-10-18-8-3-2-4-9-18/h2-4,8-9,12-15H,5-7,10-11,16-17H2,1H3,(H3,28,29)(H,34,35). The maximum atomic E-state index is 13.4. The monoisotopic (exact) mass is 502 g/mol. The van der Waals surface area contributed by atoms with Crippen molar-refractivity contribution >= 4 is 23.0 Å². The fourth-order valence-electron chi connectivity index (χ4n) is 4.47. The fourth-order valence-corrected chi connectivity index (χ4v) is 4.47. The third-order valence-corrected chi connectivity index (χ3v) is 6.39. The molecule has 0 amide bonds. The van der Waals surface area contributed by atoms with Gasteiger partial charge in [0.1, 0.15) is 17.3 Å². The van der Waals surface area contributed by atoms with Gasteiger partial charge in [-0.15, -0.1) is 0 Å². The van der Waals surface area contributed by atoms with E-state index in [1.165, 1.54) is 10.1 Å². The van der Waals surface area contributed by atoms with E-state index in [-0.39, 0.29) is 24.3 Å². The zero-order chi connectivity index (χ0) is 26.5. The van der Waals surface area contributed by atoms with Gasteiger partial charge in [-0.2, -0.15) is 0 Å². The van der Waals surface area contributed by atoms with Crippen LogP contribution in [-0.4, -0.2) is 35.6 Å². The Hall–Kier alpha value is -4.47. The minimum atomic E-state index is -0.912. The van der Waals surface area contributed by atoms with Crippen molar-refractivity contribution in [2.75, 3.05) is 0 Å². The molecule has 4 rings (SSSR count). The highest BCUT2D eigenvalue weighted by Gasteiger charge is 2.21. The van der Waals surface area contributed by atoms with E-state index in [1.807, 2.05) is 22.8 Å². The molecule has 2 aromatic heterocycles. The van der Waals surface area contributed by atoms with Crippen LogP contribution in [0.25, 0.3) is 22.6 Å².